The Balaban J connectivity index is 1.83. The van der Waals surface area contributed by atoms with E-state index >= 15 is 0 Å². The molecule has 1 fully saturated rings. The fourth-order valence-electron chi connectivity index (χ4n) is 2.26. The summed E-state index contributed by atoms with van der Waals surface area (Å²) < 4.78 is 4.97. The van der Waals surface area contributed by atoms with Crippen molar-refractivity contribution in [2.45, 2.75) is 6.92 Å². The Morgan fingerprint density at radius 2 is 1.95 bits per heavy atom. The molecule has 0 aliphatic carbocycles. The summed E-state index contributed by atoms with van der Waals surface area (Å²) >= 11 is 5.89. The van der Waals surface area contributed by atoms with E-state index in [4.69, 9.17) is 16.3 Å². The van der Waals surface area contributed by atoms with Crippen molar-refractivity contribution < 1.29 is 14.3 Å². The molecule has 6 heteroatoms. The molecule has 1 aliphatic heterocycles. The highest BCUT2D eigenvalue weighted by Gasteiger charge is 2.23. The van der Waals surface area contributed by atoms with E-state index in [1.807, 2.05) is 4.90 Å². The maximum absolute atomic E-state index is 12.2. The van der Waals surface area contributed by atoms with Gasteiger partial charge in [0, 0.05) is 36.8 Å². The summed E-state index contributed by atoms with van der Waals surface area (Å²) in [5.74, 6) is 0.0436. The summed E-state index contributed by atoms with van der Waals surface area (Å²) in [6.45, 7) is 5.03. The van der Waals surface area contributed by atoms with E-state index in [0.717, 1.165) is 0 Å². The predicted molar refractivity (Wildman–Crippen MR) is 80.8 cm³/mol. The number of benzene rings is 1. The zero-order chi connectivity index (χ0) is 15.2. The molecule has 1 aromatic rings. The first-order valence-corrected chi connectivity index (χ1v) is 7.40. The van der Waals surface area contributed by atoms with Gasteiger partial charge in [-0.3, -0.25) is 9.69 Å². The van der Waals surface area contributed by atoms with Gasteiger partial charge in [-0.2, -0.15) is 0 Å². The minimum absolute atomic E-state index is 0.0436. The van der Waals surface area contributed by atoms with Gasteiger partial charge in [0.05, 0.1) is 13.2 Å². The number of nitrogens with zero attached hydrogens (tertiary/aromatic N) is 2. The molecule has 0 unspecified atom stereocenters. The van der Waals surface area contributed by atoms with Crippen molar-refractivity contribution in [1.82, 2.24) is 9.80 Å². The van der Waals surface area contributed by atoms with Gasteiger partial charge in [-0.1, -0.05) is 23.7 Å². The van der Waals surface area contributed by atoms with Crippen LogP contribution in [-0.2, 0) is 4.74 Å². The largest absolute Gasteiger partial charge is 0.450 e. The lowest BCUT2D eigenvalue weighted by atomic mass is 10.1. The summed E-state index contributed by atoms with van der Waals surface area (Å²) in [4.78, 5) is 27.5. The number of carbonyl (C=O) groups is 2. The van der Waals surface area contributed by atoms with Crippen molar-refractivity contribution >= 4 is 23.5 Å². The van der Waals surface area contributed by atoms with Crippen molar-refractivity contribution in [3.63, 3.8) is 0 Å². The van der Waals surface area contributed by atoms with Gasteiger partial charge in [-0.25, -0.2) is 4.79 Å². The first-order valence-electron chi connectivity index (χ1n) is 7.03. The van der Waals surface area contributed by atoms with Gasteiger partial charge in [-0.05, 0) is 19.1 Å². The first kappa shape index (κ1) is 15.8. The van der Waals surface area contributed by atoms with E-state index in [0.29, 0.717) is 49.9 Å². The van der Waals surface area contributed by atoms with Crippen LogP contribution in [0.3, 0.4) is 0 Å². The normalized spacial score (nSPS) is 15.8. The molecule has 0 spiro atoms. The molecule has 0 bridgehead atoms. The lowest BCUT2D eigenvalue weighted by molar-refractivity contribution is 0.0733. The van der Waals surface area contributed by atoms with Crippen LogP contribution in [0.1, 0.15) is 17.3 Å². The number of ether oxygens (including phenoxy) is 1. The Kier molecular flexibility index (Phi) is 5.59. The van der Waals surface area contributed by atoms with E-state index in [2.05, 4.69) is 0 Å². The van der Waals surface area contributed by atoms with E-state index in [1.54, 1.807) is 36.1 Å². The predicted octanol–water partition coefficient (Wildman–Crippen LogP) is 2.30. The standard InChI is InChI=1S/C15H19ClN2O3/c1-2-21-15(20)18-8-6-17(7-9-18)11-14(19)12-4-3-5-13(16)10-12/h3-5,10H,2,6-9,11H2,1H3. The highest BCUT2D eigenvalue weighted by atomic mass is 35.5. The number of hydrogen-bond acceptors (Lipinski definition) is 4. The molecule has 1 heterocycles. The molecule has 1 saturated heterocycles. The van der Waals surface area contributed by atoms with Crippen LogP contribution in [0, 0.1) is 0 Å². The van der Waals surface area contributed by atoms with Gasteiger partial charge in [0.25, 0.3) is 0 Å². The average Bonchev–Trinajstić information content (AvgIpc) is 2.48. The van der Waals surface area contributed by atoms with E-state index in [-0.39, 0.29) is 11.9 Å². The molecule has 1 aromatic carbocycles. The Bertz CT molecular complexity index is 513. The van der Waals surface area contributed by atoms with Crippen LogP contribution in [-0.4, -0.2) is 61.0 Å². The lowest BCUT2D eigenvalue weighted by Gasteiger charge is -2.33. The number of piperazine rings is 1. The highest BCUT2D eigenvalue weighted by molar-refractivity contribution is 6.31. The van der Waals surface area contributed by atoms with E-state index in [1.165, 1.54) is 0 Å². The number of Topliss-reactive ketones (excluding diaryl/α,β-unsaturated/α-hetero) is 1. The van der Waals surface area contributed by atoms with Crippen molar-refractivity contribution in [2.75, 3.05) is 39.3 Å². The molecule has 0 radical (unpaired) electrons. The summed E-state index contributed by atoms with van der Waals surface area (Å²) in [5, 5.41) is 0.563. The third-order valence-corrected chi connectivity index (χ3v) is 3.65. The molecule has 5 nitrogen and oxygen atoms in total. The molecule has 114 valence electrons. The summed E-state index contributed by atoms with van der Waals surface area (Å²) in [6, 6.07) is 6.96. The number of ketones is 1. The zero-order valence-electron chi connectivity index (χ0n) is 12.0. The van der Waals surface area contributed by atoms with Crippen molar-refractivity contribution in [3.8, 4) is 0 Å². The molecule has 1 amide bonds. The maximum atomic E-state index is 12.2. The Morgan fingerprint density at radius 1 is 1.24 bits per heavy atom. The fourth-order valence-corrected chi connectivity index (χ4v) is 2.45. The van der Waals surface area contributed by atoms with Gasteiger partial charge in [-0.15, -0.1) is 0 Å². The van der Waals surface area contributed by atoms with Gasteiger partial charge in [0.1, 0.15) is 0 Å². The number of halogens is 1. The Morgan fingerprint density at radius 3 is 2.57 bits per heavy atom. The van der Waals surface area contributed by atoms with Crippen LogP contribution in [0.25, 0.3) is 0 Å². The molecular formula is C15H19ClN2O3. The average molecular weight is 311 g/mol. The smallest absolute Gasteiger partial charge is 0.409 e. The SMILES string of the molecule is CCOC(=O)N1CCN(CC(=O)c2cccc(Cl)c2)CC1. The third-order valence-electron chi connectivity index (χ3n) is 3.41. The fraction of sp³-hybridized carbons (Fsp3) is 0.467. The lowest BCUT2D eigenvalue weighted by Crippen LogP contribution is -2.50. The number of carbonyl (C=O) groups excluding carboxylic acids is 2. The monoisotopic (exact) mass is 310 g/mol. The van der Waals surface area contributed by atoms with Crippen LogP contribution in [0.15, 0.2) is 24.3 Å². The minimum atomic E-state index is -0.279. The molecule has 0 aromatic heterocycles. The summed E-state index contributed by atoms with van der Waals surface area (Å²) in [6.07, 6.45) is -0.279. The van der Waals surface area contributed by atoms with Crippen LogP contribution in [0.4, 0.5) is 4.79 Å². The van der Waals surface area contributed by atoms with E-state index in [9.17, 15) is 9.59 Å². The van der Waals surface area contributed by atoms with Crippen LogP contribution in [0.5, 0.6) is 0 Å². The highest BCUT2D eigenvalue weighted by Crippen LogP contribution is 2.12. The summed E-state index contributed by atoms with van der Waals surface area (Å²) in [5.41, 5.74) is 0.621. The van der Waals surface area contributed by atoms with Crippen LogP contribution >= 0.6 is 11.6 Å². The summed E-state index contributed by atoms with van der Waals surface area (Å²) in [7, 11) is 0. The second-order valence-electron chi connectivity index (χ2n) is 4.90. The van der Waals surface area contributed by atoms with E-state index < -0.39 is 0 Å². The number of hydrogen-bond donors (Lipinski definition) is 0. The topological polar surface area (TPSA) is 49.9 Å². The Hall–Kier alpha value is -1.59. The maximum Gasteiger partial charge on any atom is 0.409 e. The van der Waals surface area contributed by atoms with Gasteiger partial charge < -0.3 is 9.64 Å². The number of rotatable bonds is 4. The molecule has 0 saturated carbocycles. The molecule has 0 atom stereocenters. The van der Waals surface area contributed by atoms with Crippen molar-refractivity contribution in [1.29, 1.82) is 0 Å². The Labute approximate surface area is 129 Å². The second kappa shape index (κ2) is 7.43. The van der Waals surface area contributed by atoms with Crippen LogP contribution < -0.4 is 0 Å². The molecule has 2 rings (SSSR count). The zero-order valence-corrected chi connectivity index (χ0v) is 12.8. The van der Waals surface area contributed by atoms with Gasteiger partial charge >= 0.3 is 6.09 Å². The second-order valence-corrected chi connectivity index (χ2v) is 5.33. The van der Waals surface area contributed by atoms with Crippen molar-refractivity contribution in [2.24, 2.45) is 0 Å². The quantitative estimate of drug-likeness (QED) is 0.801. The van der Waals surface area contributed by atoms with Crippen molar-refractivity contribution in [3.05, 3.63) is 34.9 Å². The molecule has 1 aliphatic rings. The molecule has 0 N–H and O–H groups in total. The molecular weight excluding hydrogens is 292 g/mol. The van der Waals surface area contributed by atoms with Gasteiger partial charge in [0.2, 0.25) is 0 Å². The third kappa shape index (κ3) is 4.44. The molecule has 21 heavy (non-hydrogen) atoms. The first-order chi connectivity index (χ1) is 10.1. The van der Waals surface area contributed by atoms with Gasteiger partial charge in [0.15, 0.2) is 5.78 Å². The van der Waals surface area contributed by atoms with Crippen LogP contribution in [0.2, 0.25) is 5.02 Å². The minimum Gasteiger partial charge on any atom is -0.450 e. The number of amides is 1.